The van der Waals surface area contributed by atoms with Crippen LogP contribution in [0, 0.1) is 0 Å². The van der Waals surface area contributed by atoms with E-state index in [0.29, 0.717) is 4.36 Å². The summed E-state index contributed by atoms with van der Waals surface area (Å²) in [7, 11) is -1.08. The Labute approximate surface area is 79.5 Å². The predicted molar refractivity (Wildman–Crippen MR) is 54.3 cm³/mol. The summed E-state index contributed by atoms with van der Waals surface area (Å²) in [6.07, 6.45) is 3.26. The van der Waals surface area contributed by atoms with Crippen LogP contribution >= 0.6 is 11.6 Å². The Morgan fingerprint density at radius 1 is 1.42 bits per heavy atom. The maximum Gasteiger partial charge on any atom is 0.105 e. The Kier molecular flexibility index (Phi) is 3.50. The van der Waals surface area contributed by atoms with Crippen LogP contribution in [-0.4, -0.2) is 10.5 Å². The van der Waals surface area contributed by atoms with Gasteiger partial charge in [0, 0.05) is 6.26 Å². The lowest BCUT2D eigenvalue weighted by molar-refractivity contribution is 0.691. The second-order valence-corrected chi connectivity index (χ2v) is 4.29. The van der Waals surface area contributed by atoms with E-state index in [2.05, 4.69) is 0 Å². The molecule has 1 atom stereocenters. The first-order chi connectivity index (χ1) is 5.70. The highest BCUT2D eigenvalue weighted by Crippen LogP contribution is 2.11. The monoisotopic (exact) mass is 200 g/mol. The molecule has 0 saturated heterocycles. The van der Waals surface area contributed by atoms with Gasteiger partial charge >= 0.3 is 0 Å². The normalized spacial score (nSPS) is 14.3. The summed E-state index contributed by atoms with van der Waals surface area (Å²) < 4.78 is 11.2. The predicted octanol–water partition coefficient (Wildman–Crippen LogP) is 2.60. The zero-order chi connectivity index (χ0) is 8.97. The van der Waals surface area contributed by atoms with Crippen LogP contribution in [0.25, 0.3) is 6.08 Å². The second kappa shape index (κ2) is 4.43. The molecule has 1 rings (SSSR count). The summed E-state index contributed by atoms with van der Waals surface area (Å²) in [5.74, 6) is 0. The van der Waals surface area contributed by atoms with Gasteiger partial charge in [0.05, 0.1) is 10.8 Å². The van der Waals surface area contributed by atoms with Gasteiger partial charge in [-0.15, -0.1) is 0 Å². The molecule has 0 radical (unpaired) electrons. The van der Waals surface area contributed by atoms with Gasteiger partial charge in [-0.05, 0) is 11.6 Å². The van der Waals surface area contributed by atoms with Crippen molar-refractivity contribution in [3.8, 4) is 0 Å². The largest absolute Gasteiger partial charge is 0.254 e. The summed E-state index contributed by atoms with van der Waals surface area (Å²) >= 11 is 5.71. The molecule has 1 aromatic rings. The number of benzene rings is 1. The molecule has 0 amide bonds. The van der Waals surface area contributed by atoms with Gasteiger partial charge in [-0.2, -0.15) is 0 Å². The van der Waals surface area contributed by atoms with Gasteiger partial charge in [-0.1, -0.05) is 41.9 Å². The second-order valence-electron chi connectivity index (χ2n) is 2.31. The zero-order valence-electron chi connectivity index (χ0n) is 6.66. The Balaban J connectivity index is 2.89. The molecule has 0 heterocycles. The van der Waals surface area contributed by atoms with Gasteiger partial charge in [0.1, 0.15) is 4.36 Å². The molecule has 1 unspecified atom stereocenters. The number of hydrogen-bond donors (Lipinski definition) is 0. The maximum atomic E-state index is 10.9. The van der Waals surface area contributed by atoms with Crippen molar-refractivity contribution in [2.24, 2.45) is 0 Å². The first-order valence-corrected chi connectivity index (χ1v) is 5.39. The topological polar surface area (TPSA) is 17.1 Å². The molecule has 1 nitrogen and oxygen atoms in total. The fourth-order valence-corrected chi connectivity index (χ4v) is 1.19. The Morgan fingerprint density at radius 2 is 2.00 bits per heavy atom. The molecule has 0 aliphatic carbocycles. The van der Waals surface area contributed by atoms with Crippen molar-refractivity contribution < 1.29 is 4.21 Å². The van der Waals surface area contributed by atoms with Gasteiger partial charge in [-0.25, -0.2) is 0 Å². The van der Waals surface area contributed by atoms with Crippen molar-refractivity contribution >= 4 is 28.5 Å². The Hall–Kier alpha value is -0.600. The molecule has 12 heavy (non-hydrogen) atoms. The van der Waals surface area contributed by atoms with Crippen LogP contribution in [0.1, 0.15) is 5.56 Å². The van der Waals surface area contributed by atoms with Crippen molar-refractivity contribution in [2.45, 2.75) is 0 Å². The minimum absolute atomic E-state index is 0.376. The van der Waals surface area contributed by atoms with Crippen molar-refractivity contribution in [3.05, 3.63) is 40.3 Å². The van der Waals surface area contributed by atoms with Gasteiger partial charge in [-0.3, -0.25) is 4.21 Å². The third-order valence-electron chi connectivity index (χ3n) is 1.35. The summed E-state index contributed by atoms with van der Waals surface area (Å²) in [5, 5.41) is 0. The molecule has 0 aliphatic heterocycles. The van der Waals surface area contributed by atoms with Crippen LogP contribution in [0.15, 0.2) is 34.7 Å². The Bertz CT molecular complexity index is 306. The molecule has 0 aliphatic rings. The maximum absolute atomic E-state index is 10.9. The number of hydrogen-bond acceptors (Lipinski definition) is 1. The van der Waals surface area contributed by atoms with Crippen LogP contribution in [0.5, 0.6) is 0 Å². The van der Waals surface area contributed by atoms with E-state index >= 15 is 0 Å². The molecule has 64 valence electrons. The molecule has 0 aromatic heterocycles. The van der Waals surface area contributed by atoms with Crippen LogP contribution in [-0.2, 0) is 10.8 Å². The summed E-state index contributed by atoms with van der Waals surface area (Å²) in [5.41, 5.74) is 0.970. The lowest BCUT2D eigenvalue weighted by Gasteiger charge is -1.93. The Morgan fingerprint density at radius 3 is 2.50 bits per heavy atom. The average molecular weight is 201 g/mol. The van der Waals surface area contributed by atoms with E-state index in [1.807, 2.05) is 30.3 Å². The van der Waals surface area contributed by atoms with Crippen LogP contribution in [0.2, 0.25) is 0 Å². The SMILES string of the molecule is CS(=O)/C(Cl)=C/c1ccccc1. The standard InChI is InChI=1S/C9H9ClOS/c1-12(11)9(10)7-8-5-3-2-4-6-8/h2-7H,1H3/b9-7+. The van der Waals surface area contributed by atoms with E-state index in [4.69, 9.17) is 11.6 Å². The van der Waals surface area contributed by atoms with Gasteiger partial charge in [0.15, 0.2) is 0 Å². The van der Waals surface area contributed by atoms with Crippen molar-refractivity contribution in [2.75, 3.05) is 6.26 Å². The molecule has 3 heteroatoms. The first-order valence-electron chi connectivity index (χ1n) is 3.46. The van der Waals surface area contributed by atoms with E-state index < -0.39 is 10.8 Å². The highest BCUT2D eigenvalue weighted by atomic mass is 35.5. The fourth-order valence-electron chi connectivity index (χ4n) is 0.763. The quantitative estimate of drug-likeness (QED) is 0.718. The molecular formula is C9H9ClOS. The van der Waals surface area contributed by atoms with Crippen molar-refractivity contribution in [1.29, 1.82) is 0 Å². The number of halogens is 1. The summed E-state index contributed by atoms with van der Waals surface area (Å²) in [6.45, 7) is 0. The minimum Gasteiger partial charge on any atom is -0.254 e. The van der Waals surface area contributed by atoms with Gasteiger partial charge < -0.3 is 0 Å². The summed E-state index contributed by atoms with van der Waals surface area (Å²) in [4.78, 5) is 0. The highest BCUT2D eigenvalue weighted by molar-refractivity contribution is 7.90. The van der Waals surface area contributed by atoms with Crippen molar-refractivity contribution in [3.63, 3.8) is 0 Å². The van der Waals surface area contributed by atoms with Gasteiger partial charge in [0.2, 0.25) is 0 Å². The smallest absolute Gasteiger partial charge is 0.105 e. The van der Waals surface area contributed by atoms with Crippen molar-refractivity contribution in [1.82, 2.24) is 0 Å². The van der Waals surface area contributed by atoms with E-state index in [1.165, 1.54) is 0 Å². The lowest BCUT2D eigenvalue weighted by atomic mass is 10.2. The average Bonchev–Trinajstić information content (AvgIpc) is 2.06. The van der Waals surface area contributed by atoms with E-state index in [1.54, 1.807) is 12.3 Å². The van der Waals surface area contributed by atoms with Crippen LogP contribution in [0.4, 0.5) is 0 Å². The first kappa shape index (κ1) is 9.49. The van der Waals surface area contributed by atoms with E-state index in [-0.39, 0.29) is 0 Å². The van der Waals surface area contributed by atoms with Gasteiger partial charge in [0.25, 0.3) is 0 Å². The molecule has 0 N–H and O–H groups in total. The minimum atomic E-state index is -1.08. The molecule has 0 spiro atoms. The molecular weight excluding hydrogens is 192 g/mol. The van der Waals surface area contributed by atoms with Crippen LogP contribution in [0.3, 0.4) is 0 Å². The van der Waals surface area contributed by atoms with E-state index in [0.717, 1.165) is 5.56 Å². The molecule has 0 bridgehead atoms. The number of rotatable bonds is 2. The summed E-state index contributed by atoms with van der Waals surface area (Å²) in [6, 6.07) is 9.57. The lowest BCUT2D eigenvalue weighted by Crippen LogP contribution is -1.82. The molecule has 0 fully saturated rings. The third kappa shape index (κ3) is 2.80. The zero-order valence-corrected chi connectivity index (χ0v) is 8.23. The molecule has 0 saturated carbocycles. The highest BCUT2D eigenvalue weighted by Gasteiger charge is 1.95. The third-order valence-corrected chi connectivity index (χ3v) is 2.78. The fraction of sp³-hybridized carbons (Fsp3) is 0.111. The van der Waals surface area contributed by atoms with E-state index in [9.17, 15) is 4.21 Å². The molecule has 1 aromatic carbocycles. The van der Waals surface area contributed by atoms with Crippen LogP contribution < -0.4 is 0 Å².